The summed E-state index contributed by atoms with van der Waals surface area (Å²) in [4.78, 5) is 11.4. The van der Waals surface area contributed by atoms with Crippen molar-refractivity contribution in [3.05, 3.63) is 29.6 Å². The van der Waals surface area contributed by atoms with Crippen LogP contribution in [0.1, 0.15) is 31.2 Å². The lowest BCUT2D eigenvalue weighted by Gasteiger charge is -2.22. The molecule has 0 aliphatic rings. The molecule has 2 unspecified atom stereocenters. The average Bonchev–Trinajstić information content (AvgIpc) is 2.43. The van der Waals surface area contributed by atoms with Crippen LogP contribution in [0.15, 0.2) is 18.2 Å². The van der Waals surface area contributed by atoms with Gasteiger partial charge in [0, 0.05) is 12.0 Å². The molecule has 0 saturated heterocycles. The lowest BCUT2D eigenvalue weighted by atomic mass is 9.87. The fraction of sp³-hybridized carbons (Fsp3) is 0.500. The van der Waals surface area contributed by atoms with E-state index < -0.39 is 5.82 Å². The van der Waals surface area contributed by atoms with E-state index in [1.165, 1.54) is 26.4 Å². The SMILES string of the molecule is CCC(N)C(CC(=O)OC)c1ccc(OC)c(F)c1. The molecular weight excluding hydrogens is 249 g/mol. The Labute approximate surface area is 112 Å². The number of halogens is 1. The van der Waals surface area contributed by atoms with Crippen LogP contribution in [-0.2, 0) is 9.53 Å². The van der Waals surface area contributed by atoms with Gasteiger partial charge in [-0.3, -0.25) is 4.79 Å². The molecular formula is C14H20FNO3. The van der Waals surface area contributed by atoms with Gasteiger partial charge in [0.1, 0.15) is 0 Å². The largest absolute Gasteiger partial charge is 0.494 e. The lowest BCUT2D eigenvalue weighted by molar-refractivity contribution is -0.141. The number of hydrogen-bond donors (Lipinski definition) is 1. The zero-order valence-electron chi connectivity index (χ0n) is 11.5. The van der Waals surface area contributed by atoms with E-state index in [0.29, 0.717) is 12.0 Å². The molecule has 0 amide bonds. The zero-order valence-corrected chi connectivity index (χ0v) is 11.5. The summed E-state index contributed by atoms with van der Waals surface area (Å²) in [7, 11) is 2.73. The minimum atomic E-state index is -0.460. The number of carbonyl (C=O) groups excluding carboxylic acids is 1. The van der Waals surface area contributed by atoms with Crippen molar-refractivity contribution in [1.82, 2.24) is 0 Å². The van der Waals surface area contributed by atoms with Crippen LogP contribution in [0.25, 0.3) is 0 Å². The zero-order chi connectivity index (χ0) is 14.4. The number of ether oxygens (including phenoxy) is 2. The maximum Gasteiger partial charge on any atom is 0.306 e. The number of benzene rings is 1. The van der Waals surface area contributed by atoms with Gasteiger partial charge in [0.05, 0.1) is 20.6 Å². The molecule has 19 heavy (non-hydrogen) atoms. The summed E-state index contributed by atoms with van der Waals surface area (Å²) in [5, 5.41) is 0. The van der Waals surface area contributed by atoms with Gasteiger partial charge in [-0.15, -0.1) is 0 Å². The molecule has 0 aromatic heterocycles. The van der Waals surface area contributed by atoms with E-state index in [1.54, 1.807) is 6.07 Å². The van der Waals surface area contributed by atoms with Gasteiger partial charge in [-0.1, -0.05) is 13.0 Å². The standard InChI is InChI=1S/C14H20FNO3/c1-4-12(16)10(8-14(17)19-3)9-5-6-13(18-2)11(15)7-9/h5-7,10,12H,4,8,16H2,1-3H3. The van der Waals surface area contributed by atoms with Gasteiger partial charge in [0.25, 0.3) is 0 Å². The highest BCUT2D eigenvalue weighted by atomic mass is 19.1. The molecule has 0 fully saturated rings. The van der Waals surface area contributed by atoms with E-state index in [-0.39, 0.29) is 30.1 Å². The van der Waals surface area contributed by atoms with Crippen LogP contribution in [0.4, 0.5) is 4.39 Å². The molecule has 0 radical (unpaired) electrons. The van der Waals surface area contributed by atoms with Crippen LogP contribution in [0.2, 0.25) is 0 Å². The third kappa shape index (κ3) is 3.92. The highest BCUT2D eigenvalue weighted by Gasteiger charge is 2.23. The number of hydrogen-bond acceptors (Lipinski definition) is 4. The van der Waals surface area contributed by atoms with Crippen molar-refractivity contribution >= 4 is 5.97 Å². The molecule has 0 spiro atoms. The van der Waals surface area contributed by atoms with Crippen molar-refractivity contribution in [2.45, 2.75) is 31.7 Å². The van der Waals surface area contributed by atoms with E-state index in [2.05, 4.69) is 4.74 Å². The fourth-order valence-corrected chi connectivity index (χ4v) is 1.98. The Kier molecular flexibility index (Phi) is 5.76. The summed E-state index contributed by atoms with van der Waals surface area (Å²) in [5.74, 6) is -0.910. The van der Waals surface area contributed by atoms with Gasteiger partial charge in [-0.05, 0) is 24.1 Å². The second kappa shape index (κ2) is 7.09. The molecule has 0 bridgehead atoms. The summed E-state index contributed by atoms with van der Waals surface area (Å²) in [6.07, 6.45) is 0.826. The van der Waals surface area contributed by atoms with Crippen molar-refractivity contribution in [3.63, 3.8) is 0 Å². The summed E-state index contributed by atoms with van der Waals surface area (Å²) < 4.78 is 23.2. The molecule has 0 saturated carbocycles. The minimum absolute atomic E-state index is 0.136. The normalized spacial score (nSPS) is 13.7. The van der Waals surface area contributed by atoms with Crippen molar-refractivity contribution in [2.24, 2.45) is 5.73 Å². The Balaban J connectivity index is 3.03. The molecule has 2 N–H and O–H groups in total. The lowest BCUT2D eigenvalue weighted by Crippen LogP contribution is -2.29. The average molecular weight is 269 g/mol. The molecule has 1 rings (SSSR count). The topological polar surface area (TPSA) is 61.6 Å². The first kappa shape index (κ1) is 15.4. The first-order valence-corrected chi connectivity index (χ1v) is 6.19. The monoisotopic (exact) mass is 269 g/mol. The van der Waals surface area contributed by atoms with Crippen LogP contribution in [0.5, 0.6) is 5.75 Å². The molecule has 2 atom stereocenters. The second-order valence-electron chi connectivity index (χ2n) is 4.35. The predicted molar refractivity (Wildman–Crippen MR) is 70.6 cm³/mol. The van der Waals surface area contributed by atoms with Crippen molar-refractivity contribution in [2.75, 3.05) is 14.2 Å². The van der Waals surface area contributed by atoms with Crippen molar-refractivity contribution in [1.29, 1.82) is 0 Å². The fourth-order valence-electron chi connectivity index (χ4n) is 1.98. The van der Waals surface area contributed by atoms with Crippen LogP contribution in [0.3, 0.4) is 0 Å². The van der Waals surface area contributed by atoms with E-state index in [4.69, 9.17) is 10.5 Å². The summed E-state index contributed by atoms with van der Waals surface area (Å²) in [6, 6.07) is 4.40. The Morgan fingerprint density at radius 1 is 1.42 bits per heavy atom. The van der Waals surface area contributed by atoms with Crippen molar-refractivity contribution < 1.29 is 18.7 Å². The Bertz CT molecular complexity index is 437. The number of carbonyl (C=O) groups is 1. The molecule has 0 heterocycles. The predicted octanol–water partition coefficient (Wildman–Crippen LogP) is 2.22. The van der Waals surface area contributed by atoms with Gasteiger partial charge in [0.15, 0.2) is 11.6 Å². The second-order valence-corrected chi connectivity index (χ2v) is 4.35. The first-order chi connectivity index (χ1) is 9.03. The molecule has 1 aromatic carbocycles. The molecule has 106 valence electrons. The van der Waals surface area contributed by atoms with Gasteiger partial charge < -0.3 is 15.2 Å². The number of esters is 1. The third-order valence-corrected chi connectivity index (χ3v) is 3.21. The molecule has 0 aliphatic carbocycles. The van der Waals surface area contributed by atoms with E-state index in [0.717, 1.165) is 0 Å². The Morgan fingerprint density at radius 2 is 2.11 bits per heavy atom. The van der Waals surface area contributed by atoms with Crippen LogP contribution < -0.4 is 10.5 Å². The van der Waals surface area contributed by atoms with Gasteiger partial charge in [-0.2, -0.15) is 0 Å². The quantitative estimate of drug-likeness (QED) is 0.804. The van der Waals surface area contributed by atoms with E-state index in [9.17, 15) is 9.18 Å². The van der Waals surface area contributed by atoms with Crippen LogP contribution >= 0.6 is 0 Å². The first-order valence-electron chi connectivity index (χ1n) is 6.19. The highest BCUT2D eigenvalue weighted by molar-refractivity contribution is 5.70. The van der Waals surface area contributed by atoms with Gasteiger partial charge in [0.2, 0.25) is 0 Å². The van der Waals surface area contributed by atoms with Crippen LogP contribution in [-0.4, -0.2) is 26.2 Å². The minimum Gasteiger partial charge on any atom is -0.494 e. The van der Waals surface area contributed by atoms with Crippen molar-refractivity contribution in [3.8, 4) is 5.75 Å². The van der Waals surface area contributed by atoms with E-state index >= 15 is 0 Å². The van der Waals surface area contributed by atoms with E-state index in [1.807, 2.05) is 6.92 Å². The Morgan fingerprint density at radius 3 is 2.58 bits per heavy atom. The Hall–Kier alpha value is -1.62. The highest BCUT2D eigenvalue weighted by Crippen LogP contribution is 2.28. The third-order valence-electron chi connectivity index (χ3n) is 3.21. The molecule has 5 heteroatoms. The molecule has 0 aliphatic heterocycles. The van der Waals surface area contributed by atoms with Gasteiger partial charge in [-0.25, -0.2) is 4.39 Å². The maximum atomic E-state index is 13.7. The summed E-state index contributed by atoms with van der Waals surface area (Å²) in [6.45, 7) is 1.93. The molecule has 4 nitrogen and oxygen atoms in total. The van der Waals surface area contributed by atoms with Crippen LogP contribution in [0, 0.1) is 5.82 Å². The number of nitrogens with two attached hydrogens (primary N) is 1. The maximum absolute atomic E-state index is 13.7. The number of rotatable bonds is 6. The number of methoxy groups -OCH3 is 2. The molecule has 1 aromatic rings. The summed E-state index contributed by atoms with van der Waals surface area (Å²) in [5.41, 5.74) is 6.69. The van der Waals surface area contributed by atoms with Gasteiger partial charge >= 0.3 is 5.97 Å². The summed E-state index contributed by atoms with van der Waals surface area (Å²) >= 11 is 0. The smallest absolute Gasteiger partial charge is 0.306 e.